The minimum atomic E-state index is 0.0692. The molecule has 6 heteroatoms. The predicted octanol–water partition coefficient (Wildman–Crippen LogP) is 2.68. The third-order valence-corrected chi connectivity index (χ3v) is 5.20. The van der Waals surface area contributed by atoms with Gasteiger partial charge in [-0.25, -0.2) is 4.98 Å². The third kappa shape index (κ3) is 3.37. The second-order valence-electron chi connectivity index (χ2n) is 6.65. The fraction of sp³-hybridized carbons (Fsp3) is 0.526. The number of aromatic nitrogens is 2. The van der Waals surface area contributed by atoms with Crippen LogP contribution in [0.1, 0.15) is 12.8 Å². The fourth-order valence-corrected chi connectivity index (χ4v) is 3.56. The molecular weight excluding hydrogens is 318 g/mol. The first-order chi connectivity index (χ1) is 12.1. The van der Waals surface area contributed by atoms with Gasteiger partial charge >= 0.3 is 0 Å². The summed E-state index contributed by atoms with van der Waals surface area (Å²) in [6.07, 6.45) is 5.89. The molecule has 0 amide bonds. The summed E-state index contributed by atoms with van der Waals surface area (Å²) in [5, 5.41) is 0. The number of imidazole rings is 1. The molecular formula is C19H27N3O3. The van der Waals surface area contributed by atoms with E-state index in [0.29, 0.717) is 11.5 Å². The van der Waals surface area contributed by atoms with Crippen LogP contribution in [0.4, 0.5) is 0 Å². The molecule has 136 valence electrons. The van der Waals surface area contributed by atoms with Crippen molar-refractivity contribution in [3.05, 3.63) is 30.6 Å². The number of benzene rings is 1. The van der Waals surface area contributed by atoms with Crippen LogP contribution in [0.5, 0.6) is 11.5 Å². The van der Waals surface area contributed by atoms with Gasteiger partial charge in [-0.15, -0.1) is 0 Å². The second kappa shape index (κ2) is 7.45. The van der Waals surface area contributed by atoms with E-state index >= 15 is 0 Å². The average molecular weight is 345 g/mol. The number of nitrogens with zero attached hydrogens (tertiary/aromatic N) is 3. The second-order valence-corrected chi connectivity index (χ2v) is 6.65. The Morgan fingerprint density at radius 3 is 2.60 bits per heavy atom. The molecule has 1 aromatic heterocycles. The van der Waals surface area contributed by atoms with E-state index in [2.05, 4.69) is 28.5 Å². The van der Waals surface area contributed by atoms with Gasteiger partial charge in [-0.3, -0.25) is 0 Å². The Morgan fingerprint density at radius 1 is 1.20 bits per heavy atom. The zero-order valence-corrected chi connectivity index (χ0v) is 15.5. The SMILES string of the molecule is COc1cccc(-c2nccn2CC2(N(C)C)CCOCC2)c1OC. The first-order valence-corrected chi connectivity index (χ1v) is 8.59. The van der Waals surface area contributed by atoms with Gasteiger partial charge in [-0.1, -0.05) is 6.07 Å². The maximum atomic E-state index is 5.60. The standard InChI is InChI=1S/C19H27N3O3/c1-21(2)19(8-12-25-13-9-19)14-22-11-10-20-18(22)15-6-5-7-16(23-3)17(15)24-4/h5-7,10-11H,8-9,12-14H2,1-4H3. The quantitative estimate of drug-likeness (QED) is 0.806. The molecule has 1 fully saturated rings. The summed E-state index contributed by atoms with van der Waals surface area (Å²) in [6, 6.07) is 5.88. The molecule has 6 nitrogen and oxygen atoms in total. The number of hydrogen-bond donors (Lipinski definition) is 0. The molecule has 1 aromatic carbocycles. The van der Waals surface area contributed by atoms with E-state index in [1.165, 1.54) is 0 Å². The number of hydrogen-bond acceptors (Lipinski definition) is 5. The van der Waals surface area contributed by atoms with Crippen molar-refractivity contribution in [1.82, 2.24) is 14.5 Å². The van der Waals surface area contributed by atoms with Crippen LogP contribution in [-0.2, 0) is 11.3 Å². The lowest BCUT2D eigenvalue weighted by Crippen LogP contribution is -2.51. The highest BCUT2D eigenvalue weighted by Gasteiger charge is 2.36. The van der Waals surface area contributed by atoms with Crippen molar-refractivity contribution in [3.8, 4) is 22.9 Å². The lowest BCUT2D eigenvalue weighted by atomic mass is 9.88. The fourth-order valence-electron chi connectivity index (χ4n) is 3.56. The molecule has 1 saturated heterocycles. The summed E-state index contributed by atoms with van der Waals surface area (Å²) in [7, 11) is 7.60. The summed E-state index contributed by atoms with van der Waals surface area (Å²) < 4.78 is 18.8. The molecule has 1 aliphatic heterocycles. The van der Waals surface area contributed by atoms with E-state index in [4.69, 9.17) is 14.2 Å². The van der Waals surface area contributed by atoms with Crippen molar-refractivity contribution in [1.29, 1.82) is 0 Å². The molecule has 0 saturated carbocycles. The van der Waals surface area contributed by atoms with E-state index in [-0.39, 0.29) is 5.54 Å². The monoisotopic (exact) mass is 345 g/mol. The largest absolute Gasteiger partial charge is 0.493 e. The topological polar surface area (TPSA) is 48.8 Å². The number of para-hydroxylation sites is 1. The maximum absolute atomic E-state index is 5.60. The van der Waals surface area contributed by atoms with Crippen LogP contribution in [0.3, 0.4) is 0 Å². The zero-order chi connectivity index (χ0) is 17.9. The van der Waals surface area contributed by atoms with Crippen molar-refractivity contribution in [2.45, 2.75) is 24.9 Å². The van der Waals surface area contributed by atoms with Gasteiger partial charge in [-0.2, -0.15) is 0 Å². The smallest absolute Gasteiger partial charge is 0.171 e. The van der Waals surface area contributed by atoms with E-state index in [0.717, 1.165) is 44.0 Å². The minimum Gasteiger partial charge on any atom is -0.493 e. The molecule has 3 rings (SSSR count). The third-order valence-electron chi connectivity index (χ3n) is 5.20. The lowest BCUT2D eigenvalue weighted by molar-refractivity contribution is -0.0163. The maximum Gasteiger partial charge on any atom is 0.171 e. The Bertz CT molecular complexity index is 706. The molecule has 0 aliphatic carbocycles. The highest BCUT2D eigenvalue weighted by Crippen LogP contribution is 2.38. The van der Waals surface area contributed by atoms with E-state index in [9.17, 15) is 0 Å². The summed E-state index contributed by atoms with van der Waals surface area (Å²) in [5.74, 6) is 2.31. The molecule has 25 heavy (non-hydrogen) atoms. The van der Waals surface area contributed by atoms with Crippen molar-refractivity contribution in [3.63, 3.8) is 0 Å². The molecule has 0 unspecified atom stereocenters. The molecule has 2 aromatic rings. The van der Waals surface area contributed by atoms with E-state index in [1.54, 1.807) is 14.2 Å². The van der Waals surface area contributed by atoms with Crippen LogP contribution in [0, 0.1) is 0 Å². The van der Waals surface area contributed by atoms with Crippen molar-refractivity contribution in [2.75, 3.05) is 41.5 Å². The van der Waals surface area contributed by atoms with Crippen LogP contribution >= 0.6 is 0 Å². The molecule has 0 N–H and O–H groups in total. The summed E-state index contributed by atoms with van der Waals surface area (Å²) in [6.45, 7) is 2.45. The van der Waals surface area contributed by atoms with E-state index in [1.807, 2.05) is 30.6 Å². The van der Waals surface area contributed by atoms with Gasteiger partial charge in [0.25, 0.3) is 0 Å². The Balaban J connectivity index is 1.99. The van der Waals surface area contributed by atoms with Gasteiger partial charge in [0.15, 0.2) is 11.5 Å². The number of likely N-dealkylation sites (N-methyl/N-ethyl adjacent to an activating group) is 1. The average Bonchev–Trinajstić information content (AvgIpc) is 3.09. The Morgan fingerprint density at radius 2 is 1.96 bits per heavy atom. The molecule has 1 aliphatic rings. The van der Waals surface area contributed by atoms with Gasteiger partial charge in [0, 0.05) is 37.7 Å². The van der Waals surface area contributed by atoms with Crippen LogP contribution in [-0.4, -0.2) is 61.5 Å². The van der Waals surface area contributed by atoms with Crippen molar-refractivity contribution in [2.24, 2.45) is 0 Å². The van der Waals surface area contributed by atoms with Gasteiger partial charge in [0.05, 0.1) is 19.8 Å². The Hall–Kier alpha value is -2.05. The Kier molecular flexibility index (Phi) is 5.30. The summed E-state index contributed by atoms with van der Waals surface area (Å²) in [4.78, 5) is 6.93. The number of ether oxygens (including phenoxy) is 3. The predicted molar refractivity (Wildman–Crippen MR) is 97.2 cm³/mol. The first-order valence-electron chi connectivity index (χ1n) is 8.59. The van der Waals surface area contributed by atoms with E-state index < -0.39 is 0 Å². The van der Waals surface area contributed by atoms with Crippen molar-refractivity contribution < 1.29 is 14.2 Å². The summed E-state index contributed by atoms with van der Waals surface area (Å²) >= 11 is 0. The normalized spacial score (nSPS) is 16.8. The molecule has 0 atom stereocenters. The minimum absolute atomic E-state index is 0.0692. The highest BCUT2D eigenvalue weighted by atomic mass is 16.5. The zero-order valence-electron chi connectivity index (χ0n) is 15.5. The van der Waals surface area contributed by atoms with Gasteiger partial charge in [0.1, 0.15) is 5.82 Å². The van der Waals surface area contributed by atoms with Gasteiger partial charge < -0.3 is 23.7 Å². The number of methoxy groups -OCH3 is 2. The summed E-state index contributed by atoms with van der Waals surface area (Å²) in [5.41, 5.74) is 1.01. The van der Waals surface area contributed by atoms with Crippen LogP contribution in [0.15, 0.2) is 30.6 Å². The van der Waals surface area contributed by atoms with Crippen LogP contribution in [0.2, 0.25) is 0 Å². The van der Waals surface area contributed by atoms with Gasteiger partial charge in [-0.05, 0) is 39.1 Å². The molecule has 0 radical (unpaired) electrons. The number of rotatable bonds is 6. The lowest BCUT2D eigenvalue weighted by Gasteiger charge is -2.43. The highest BCUT2D eigenvalue weighted by molar-refractivity contribution is 5.69. The first kappa shape index (κ1) is 17.8. The van der Waals surface area contributed by atoms with Crippen molar-refractivity contribution >= 4 is 0 Å². The van der Waals surface area contributed by atoms with Crippen LogP contribution < -0.4 is 9.47 Å². The Labute approximate surface area is 149 Å². The molecule has 0 bridgehead atoms. The van der Waals surface area contributed by atoms with Crippen LogP contribution in [0.25, 0.3) is 11.4 Å². The molecule has 0 spiro atoms. The van der Waals surface area contributed by atoms with Gasteiger partial charge in [0.2, 0.25) is 0 Å². The molecule has 2 heterocycles.